The van der Waals surface area contributed by atoms with E-state index in [1.165, 1.54) is 31.1 Å². The second kappa shape index (κ2) is 5.52. The van der Waals surface area contributed by atoms with E-state index in [0.717, 1.165) is 0 Å². The molecule has 1 fully saturated rings. The monoisotopic (exact) mass is 296 g/mol. The van der Waals surface area contributed by atoms with E-state index in [4.69, 9.17) is 4.74 Å². The van der Waals surface area contributed by atoms with Crippen LogP contribution in [-0.2, 0) is 4.74 Å². The number of ether oxygens (including phenoxy) is 1. The van der Waals surface area contributed by atoms with Crippen molar-refractivity contribution < 1.29 is 14.3 Å². The van der Waals surface area contributed by atoms with Crippen LogP contribution in [0.3, 0.4) is 0 Å². The van der Waals surface area contributed by atoms with Crippen molar-refractivity contribution in [2.75, 3.05) is 11.9 Å². The van der Waals surface area contributed by atoms with Gasteiger partial charge in [-0.3, -0.25) is 4.79 Å². The van der Waals surface area contributed by atoms with Crippen LogP contribution in [0.25, 0.3) is 0 Å². The number of rotatable bonds is 6. The maximum Gasteiger partial charge on any atom is 0.358 e. The Morgan fingerprint density at radius 3 is 2.60 bits per heavy atom. The van der Waals surface area contributed by atoms with E-state index in [9.17, 15) is 9.59 Å². The van der Waals surface area contributed by atoms with Crippen molar-refractivity contribution in [3.63, 3.8) is 0 Å². The number of nitrogens with one attached hydrogen (secondary N) is 1. The van der Waals surface area contributed by atoms with Gasteiger partial charge in [-0.15, -0.1) is 0 Å². The van der Waals surface area contributed by atoms with E-state index < -0.39 is 5.97 Å². The minimum absolute atomic E-state index is 0.0716. The summed E-state index contributed by atoms with van der Waals surface area (Å²) in [5, 5.41) is 3.95. The number of anilines is 1. The molecule has 0 unspecified atom stereocenters. The quantitative estimate of drug-likeness (QED) is 0.645. The average Bonchev–Trinajstić information content (AvgIpc) is 3.12. The van der Waals surface area contributed by atoms with Gasteiger partial charge in [-0.1, -0.05) is 11.3 Å². The molecule has 0 atom stereocenters. The third-order valence-electron chi connectivity index (χ3n) is 3.44. The molecule has 0 aliphatic heterocycles. The van der Waals surface area contributed by atoms with E-state index in [1.54, 1.807) is 6.92 Å². The van der Waals surface area contributed by atoms with Crippen molar-refractivity contribution in [1.82, 2.24) is 4.98 Å². The predicted octanol–water partition coefficient (Wildman–Crippen LogP) is 3.12. The summed E-state index contributed by atoms with van der Waals surface area (Å²) < 4.78 is 4.95. The van der Waals surface area contributed by atoms with Gasteiger partial charge in [0.25, 0.3) is 0 Å². The van der Waals surface area contributed by atoms with Crippen LogP contribution in [0.1, 0.15) is 60.7 Å². The summed E-state index contributed by atoms with van der Waals surface area (Å²) in [6.45, 7) is 7.66. The molecule has 2 rings (SSSR count). The zero-order chi connectivity index (χ0) is 14.9. The van der Waals surface area contributed by atoms with Crippen LogP contribution in [0, 0.1) is 5.92 Å². The predicted molar refractivity (Wildman–Crippen MR) is 78.5 cm³/mol. The summed E-state index contributed by atoms with van der Waals surface area (Å²) in [5.41, 5.74) is 0.0520. The van der Waals surface area contributed by atoms with Gasteiger partial charge >= 0.3 is 5.97 Å². The lowest BCUT2D eigenvalue weighted by Crippen LogP contribution is -2.33. The SMILES string of the molecule is CCOC(=O)c1nc(NC(C)(C)C2CC2)sc1C(C)=O. The van der Waals surface area contributed by atoms with Crippen LogP contribution in [0.15, 0.2) is 0 Å². The Balaban J connectivity index is 2.24. The molecule has 1 saturated carbocycles. The summed E-state index contributed by atoms with van der Waals surface area (Å²) in [5.74, 6) is -0.0766. The van der Waals surface area contributed by atoms with Gasteiger partial charge in [0.2, 0.25) is 0 Å². The molecule has 0 aromatic carbocycles. The highest BCUT2D eigenvalue weighted by Gasteiger charge is 2.38. The van der Waals surface area contributed by atoms with Crippen LogP contribution >= 0.6 is 11.3 Å². The summed E-state index contributed by atoms with van der Waals surface area (Å²) in [6, 6.07) is 0. The molecule has 1 N–H and O–H groups in total. The molecule has 110 valence electrons. The first kappa shape index (κ1) is 15.0. The number of carbonyl (C=O) groups excluding carboxylic acids is 2. The van der Waals surface area contributed by atoms with E-state index in [-0.39, 0.29) is 23.6 Å². The molecule has 0 bridgehead atoms. The van der Waals surface area contributed by atoms with Crippen molar-refractivity contribution in [3.05, 3.63) is 10.6 Å². The molecular weight excluding hydrogens is 276 g/mol. The number of Topliss-reactive ketones (excluding diaryl/α,β-unsaturated/α-hetero) is 1. The number of esters is 1. The number of thiazole rings is 1. The minimum atomic E-state index is -0.536. The first-order chi connectivity index (χ1) is 9.35. The standard InChI is InChI=1S/C14H20N2O3S/c1-5-19-12(18)10-11(8(2)17)20-13(15-10)16-14(3,4)9-6-7-9/h9H,5-7H2,1-4H3,(H,15,16). The van der Waals surface area contributed by atoms with E-state index in [1.807, 2.05) is 0 Å². The maximum absolute atomic E-state index is 11.8. The van der Waals surface area contributed by atoms with Gasteiger partial charge in [0.05, 0.1) is 6.61 Å². The Kier molecular flexibility index (Phi) is 4.13. The van der Waals surface area contributed by atoms with Crippen molar-refractivity contribution in [2.24, 2.45) is 5.92 Å². The Morgan fingerprint density at radius 2 is 2.10 bits per heavy atom. The first-order valence-corrected chi connectivity index (χ1v) is 7.64. The molecule has 5 nitrogen and oxygen atoms in total. The van der Waals surface area contributed by atoms with Gasteiger partial charge in [0.15, 0.2) is 16.6 Å². The second-order valence-electron chi connectivity index (χ2n) is 5.59. The third kappa shape index (κ3) is 3.17. The van der Waals surface area contributed by atoms with Crippen molar-refractivity contribution in [1.29, 1.82) is 0 Å². The fourth-order valence-electron chi connectivity index (χ4n) is 2.13. The van der Waals surface area contributed by atoms with Crippen LogP contribution < -0.4 is 5.32 Å². The number of carbonyl (C=O) groups is 2. The number of ketones is 1. The molecular formula is C14H20N2O3S. The number of aromatic nitrogens is 1. The summed E-state index contributed by atoms with van der Waals surface area (Å²) in [4.78, 5) is 28.1. The van der Waals surface area contributed by atoms with Crippen LogP contribution in [0.5, 0.6) is 0 Å². The molecule has 1 aliphatic carbocycles. The number of hydrogen-bond donors (Lipinski definition) is 1. The van der Waals surface area contributed by atoms with E-state index in [2.05, 4.69) is 24.1 Å². The second-order valence-corrected chi connectivity index (χ2v) is 6.59. The van der Waals surface area contributed by atoms with Gasteiger partial charge < -0.3 is 10.1 Å². The smallest absolute Gasteiger partial charge is 0.358 e. The average molecular weight is 296 g/mol. The molecule has 0 amide bonds. The Hall–Kier alpha value is -1.43. The third-order valence-corrected chi connectivity index (χ3v) is 4.51. The Morgan fingerprint density at radius 1 is 1.45 bits per heavy atom. The Labute approximate surface area is 122 Å². The van der Waals surface area contributed by atoms with Gasteiger partial charge in [-0.2, -0.15) is 0 Å². The Bertz CT molecular complexity index is 533. The number of nitrogens with zero attached hydrogens (tertiary/aromatic N) is 1. The highest BCUT2D eigenvalue weighted by molar-refractivity contribution is 7.17. The van der Waals surface area contributed by atoms with Crippen molar-refractivity contribution >= 4 is 28.2 Å². The van der Waals surface area contributed by atoms with E-state index in [0.29, 0.717) is 15.9 Å². The first-order valence-electron chi connectivity index (χ1n) is 6.82. The highest BCUT2D eigenvalue weighted by Crippen LogP contribution is 2.41. The lowest BCUT2D eigenvalue weighted by atomic mass is 9.99. The van der Waals surface area contributed by atoms with Gasteiger partial charge in [0.1, 0.15) is 4.88 Å². The highest BCUT2D eigenvalue weighted by atomic mass is 32.1. The lowest BCUT2D eigenvalue weighted by Gasteiger charge is -2.25. The molecule has 1 aromatic heterocycles. The molecule has 1 aliphatic rings. The van der Waals surface area contributed by atoms with Crippen LogP contribution in [0.2, 0.25) is 0 Å². The molecule has 6 heteroatoms. The summed E-state index contributed by atoms with van der Waals surface area (Å²) >= 11 is 1.22. The zero-order valence-electron chi connectivity index (χ0n) is 12.3. The molecule has 0 saturated heterocycles. The van der Waals surface area contributed by atoms with Gasteiger partial charge in [-0.25, -0.2) is 9.78 Å². The molecule has 1 aromatic rings. The van der Waals surface area contributed by atoms with Crippen LogP contribution in [-0.4, -0.2) is 28.9 Å². The van der Waals surface area contributed by atoms with Gasteiger partial charge in [-0.05, 0) is 39.5 Å². The molecule has 1 heterocycles. The maximum atomic E-state index is 11.8. The van der Waals surface area contributed by atoms with Crippen LogP contribution in [0.4, 0.5) is 5.13 Å². The minimum Gasteiger partial charge on any atom is -0.461 e. The normalized spacial score (nSPS) is 15.0. The topological polar surface area (TPSA) is 68.3 Å². The zero-order valence-corrected chi connectivity index (χ0v) is 13.1. The summed E-state index contributed by atoms with van der Waals surface area (Å²) in [7, 11) is 0. The molecule has 0 radical (unpaired) electrons. The van der Waals surface area contributed by atoms with Gasteiger partial charge in [0, 0.05) is 12.5 Å². The lowest BCUT2D eigenvalue weighted by molar-refractivity contribution is 0.0517. The van der Waals surface area contributed by atoms with E-state index >= 15 is 0 Å². The largest absolute Gasteiger partial charge is 0.461 e. The fraction of sp³-hybridized carbons (Fsp3) is 0.643. The fourth-order valence-corrected chi connectivity index (χ4v) is 3.15. The number of hydrogen-bond acceptors (Lipinski definition) is 6. The molecule has 0 spiro atoms. The van der Waals surface area contributed by atoms with Crippen molar-refractivity contribution in [2.45, 2.75) is 46.1 Å². The molecule has 20 heavy (non-hydrogen) atoms. The summed E-state index contributed by atoms with van der Waals surface area (Å²) in [6.07, 6.45) is 2.41. The van der Waals surface area contributed by atoms with Crippen molar-refractivity contribution in [3.8, 4) is 0 Å².